The zero-order chi connectivity index (χ0) is 18.2. The molecule has 0 radical (unpaired) electrons. The largest absolute Gasteiger partial charge is 0.505 e. The maximum atomic E-state index is 10.4. The van der Waals surface area contributed by atoms with E-state index in [0.29, 0.717) is 4.64 Å². The summed E-state index contributed by atoms with van der Waals surface area (Å²) in [4.78, 5) is 0. The molecule has 0 spiro atoms. The fourth-order valence-electron chi connectivity index (χ4n) is 3.06. The van der Waals surface area contributed by atoms with Crippen molar-refractivity contribution in [1.82, 2.24) is 20.0 Å². The lowest BCUT2D eigenvalue weighted by Crippen LogP contribution is -1.99. The predicted molar refractivity (Wildman–Crippen MR) is 105 cm³/mol. The van der Waals surface area contributed by atoms with Crippen molar-refractivity contribution in [2.24, 2.45) is 0 Å². The van der Waals surface area contributed by atoms with Crippen LogP contribution in [-0.2, 0) is 12.8 Å². The number of nitrogens with one attached hydrogen (secondary N) is 1. The Morgan fingerprint density at radius 1 is 0.962 bits per heavy atom. The van der Waals surface area contributed by atoms with Crippen molar-refractivity contribution in [3.05, 3.63) is 64.7 Å². The van der Waals surface area contributed by atoms with E-state index >= 15 is 0 Å². The third kappa shape index (κ3) is 4.79. The van der Waals surface area contributed by atoms with E-state index in [1.54, 1.807) is 0 Å². The summed E-state index contributed by atoms with van der Waals surface area (Å²) in [5, 5.41) is 20.9. The van der Waals surface area contributed by atoms with Gasteiger partial charge < -0.3 is 9.67 Å². The van der Waals surface area contributed by atoms with Crippen LogP contribution in [0.4, 0.5) is 0 Å². The van der Waals surface area contributed by atoms with Crippen molar-refractivity contribution in [2.75, 3.05) is 0 Å². The molecule has 3 aromatic rings. The molecule has 0 unspecified atom stereocenters. The van der Waals surface area contributed by atoms with E-state index in [1.165, 1.54) is 12.8 Å². The van der Waals surface area contributed by atoms with Gasteiger partial charge in [0.25, 0.3) is 0 Å². The molecule has 2 aromatic heterocycles. The first-order valence-electron chi connectivity index (χ1n) is 9.10. The van der Waals surface area contributed by atoms with Crippen LogP contribution in [0.3, 0.4) is 0 Å². The number of rotatable bonds is 9. The van der Waals surface area contributed by atoms with Gasteiger partial charge in [0, 0.05) is 18.1 Å². The monoisotopic (exact) mass is 368 g/mol. The highest BCUT2D eigenvalue weighted by Gasteiger charge is 2.07. The molecule has 0 aliphatic rings. The minimum Gasteiger partial charge on any atom is -0.505 e. The summed E-state index contributed by atoms with van der Waals surface area (Å²) in [6.45, 7) is 0. The zero-order valence-electron chi connectivity index (χ0n) is 14.8. The summed E-state index contributed by atoms with van der Waals surface area (Å²) in [6.07, 6.45) is 11.4. The molecule has 1 aromatic carbocycles. The maximum Gasteiger partial charge on any atom is 0.154 e. The molecule has 0 atom stereocenters. The van der Waals surface area contributed by atoms with Gasteiger partial charge in [-0.05, 0) is 49.4 Å². The van der Waals surface area contributed by atoms with E-state index in [9.17, 15) is 5.11 Å². The quantitative estimate of drug-likeness (QED) is 0.422. The predicted octanol–water partition coefficient (Wildman–Crippen LogP) is 4.77. The minimum atomic E-state index is 0.234. The Morgan fingerprint density at radius 3 is 2.42 bits per heavy atom. The second kappa shape index (κ2) is 9.29. The Morgan fingerprint density at radius 2 is 1.69 bits per heavy atom. The van der Waals surface area contributed by atoms with Gasteiger partial charge in [0.1, 0.15) is 0 Å². The van der Waals surface area contributed by atoms with Crippen LogP contribution in [0.25, 0.3) is 5.69 Å². The third-order valence-corrected chi connectivity index (χ3v) is 4.92. The van der Waals surface area contributed by atoms with E-state index in [-0.39, 0.29) is 5.75 Å². The number of H-pyrrole nitrogens is 1. The van der Waals surface area contributed by atoms with E-state index in [4.69, 9.17) is 12.2 Å². The molecule has 5 nitrogen and oxygen atoms in total. The Balaban J connectivity index is 1.45. The van der Waals surface area contributed by atoms with Crippen molar-refractivity contribution in [3.63, 3.8) is 0 Å². The Bertz CT molecular complexity index is 859. The first kappa shape index (κ1) is 18.3. The number of para-hydroxylation sites is 1. The SMILES string of the molecule is Oc1c(CCCCCCCc2c[nH]nn2)ccn(-c2ccccc2)c1=S. The van der Waals surface area contributed by atoms with Gasteiger partial charge in [-0.15, -0.1) is 5.10 Å². The fourth-order valence-corrected chi connectivity index (χ4v) is 3.35. The van der Waals surface area contributed by atoms with Gasteiger partial charge >= 0.3 is 0 Å². The molecule has 2 N–H and O–H groups in total. The molecule has 26 heavy (non-hydrogen) atoms. The smallest absolute Gasteiger partial charge is 0.154 e. The van der Waals surface area contributed by atoms with Crippen LogP contribution in [0.5, 0.6) is 5.75 Å². The van der Waals surface area contributed by atoms with Crippen molar-refractivity contribution < 1.29 is 5.11 Å². The van der Waals surface area contributed by atoms with Gasteiger partial charge in [0.2, 0.25) is 0 Å². The highest BCUT2D eigenvalue weighted by molar-refractivity contribution is 7.71. The van der Waals surface area contributed by atoms with Crippen molar-refractivity contribution in [1.29, 1.82) is 0 Å². The summed E-state index contributed by atoms with van der Waals surface area (Å²) in [7, 11) is 0. The van der Waals surface area contributed by atoms with E-state index < -0.39 is 0 Å². The second-order valence-corrected chi connectivity index (χ2v) is 6.82. The van der Waals surface area contributed by atoms with Crippen molar-refractivity contribution in [2.45, 2.75) is 44.9 Å². The first-order valence-corrected chi connectivity index (χ1v) is 9.51. The number of aryl methyl sites for hydroxylation is 2. The van der Waals surface area contributed by atoms with Gasteiger partial charge in [-0.2, -0.15) is 0 Å². The molecule has 0 saturated heterocycles. The molecule has 0 amide bonds. The average molecular weight is 369 g/mol. The highest BCUT2D eigenvalue weighted by Crippen LogP contribution is 2.23. The molecule has 136 valence electrons. The Kier molecular flexibility index (Phi) is 6.55. The standard InChI is InChI=1S/C20H24N4OS/c25-19-16(9-5-2-1-3-6-10-17-15-21-23-22-17)13-14-24(20(19)26)18-11-7-4-8-12-18/h4,7-8,11-15,25H,1-3,5-6,9-10H2,(H,21,22,23). The Labute approximate surface area is 158 Å². The van der Waals surface area contributed by atoms with Crippen LogP contribution in [0.2, 0.25) is 0 Å². The molecule has 0 aliphatic carbocycles. The van der Waals surface area contributed by atoms with E-state index in [2.05, 4.69) is 15.4 Å². The summed E-state index contributed by atoms with van der Waals surface area (Å²) >= 11 is 5.44. The number of aromatic nitrogens is 4. The van der Waals surface area contributed by atoms with Crippen LogP contribution in [-0.4, -0.2) is 25.1 Å². The average Bonchev–Trinajstić information content (AvgIpc) is 3.18. The molecular weight excluding hydrogens is 344 g/mol. The molecular formula is C20H24N4OS. The summed E-state index contributed by atoms with van der Waals surface area (Å²) in [5.41, 5.74) is 2.93. The molecule has 0 aliphatic heterocycles. The fraction of sp³-hybridized carbons (Fsp3) is 0.350. The number of nitrogens with zero attached hydrogens (tertiary/aromatic N) is 3. The van der Waals surface area contributed by atoms with Gasteiger partial charge in [0.05, 0.1) is 5.69 Å². The number of benzene rings is 1. The van der Waals surface area contributed by atoms with Crippen LogP contribution in [0, 0.1) is 4.64 Å². The van der Waals surface area contributed by atoms with Crippen molar-refractivity contribution in [3.8, 4) is 11.4 Å². The van der Waals surface area contributed by atoms with Crippen molar-refractivity contribution >= 4 is 12.2 Å². The maximum absolute atomic E-state index is 10.4. The van der Waals surface area contributed by atoms with Gasteiger partial charge in [-0.1, -0.05) is 54.9 Å². The molecule has 0 saturated carbocycles. The summed E-state index contributed by atoms with van der Waals surface area (Å²) in [5.74, 6) is 0.234. The molecule has 6 heteroatoms. The van der Waals surface area contributed by atoms with Gasteiger partial charge in [0.15, 0.2) is 10.4 Å². The number of hydrogen-bond donors (Lipinski definition) is 2. The van der Waals surface area contributed by atoms with Gasteiger partial charge in [-0.3, -0.25) is 5.10 Å². The first-order chi connectivity index (χ1) is 12.8. The lowest BCUT2D eigenvalue weighted by atomic mass is 10.0. The zero-order valence-corrected chi connectivity index (χ0v) is 15.6. The topological polar surface area (TPSA) is 66.7 Å². The lowest BCUT2D eigenvalue weighted by molar-refractivity contribution is 0.458. The minimum absolute atomic E-state index is 0.234. The lowest BCUT2D eigenvalue weighted by Gasteiger charge is -2.11. The number of aromatic hydroxyl groups is 1. The number of unbranched alkanes of at least 4 members (excludes halogenated alkanes) is 4. The second-order valence-electron chi connectivity index (χ2n) is 6.43. The van der Waals surface area contributed by atoms with Crippen LogP contribution >= 0.6 is 12.2 Å². The molecule has 2 heterocycles. The highest BCUT2D eigenvalue weighted by atomic mass is 32.1. The normalized spacial score (nSPS) is 10.9. The third-order valence-electron chi connectivity index (χ3n) is 4.53. The Hall–Kier alpha value is -2.47. The number of hydrogen-bond acceptors (Lipinski definition) is 4. The van der Waals surface area contributed by atoms with Gasteiger partial charge in [-0.25, -0.2) is 0 Å². The molecule has 0 fully saturated rings. The summed E-state index contributed by atoms with van der Waals surface area (Å²) in [6, 6.07) is 11.8. The van der Waals surface area contributed by atoms with E-state index in [1.807, 2.05) is 53.4 Å². The van der Waals surface area contributed by atoms with Crippen LogP contribution in [0.1, 0.15) is 43.4 Å². The summed E-state index contributed by atoms with van der Waals surface area (Å²) < 4.78 is 2.32. The van der Waals surface area contributed by atoms with E-state index in [0.717, 1.165) is 49.0 Å². The number of pyridine rings is 1. The molecule has 0 bridgehead atoms. The van der Waals surface area contributed by atoms with Crippen LogP contribution < -0.4 is 0 Å². The number of aromatic amines is 1. The molecule has 3 rings (SSSR count). The van der Waals surface area contributed by atoms with Crippen LogP contribution in [0.15, 0.2) is 48.8 Å².